The average Bonchev–Trinajstić information content (AvgIpc) is 2.18. The van der Waals surface area contributed by atoms with Crippen LogP contribution in [0.3, 0.4) is 0 Å². The topological polar surface area (TPSA) is 46.5 Å². The summed E-state index contributed by atoms with van der Waals surface area (Å²) in [6.07, 6.45) is 0. The first kappa shape index (κ1) is 12.1. The molecular weight excluding hydrogens is 212 g/mol. The molecule has 0 unspecified atom stereocenters. The van der Waals surface area contributed by atoms with E-state index in [9.17, 15) is 4.79 Å². The number of benzene rings is 1. The van der Waals surface area contributed by atoms with E-state index in [0.717, 1.165) is 16.2 Å². The van der Waals surface area contributed by atoms with E-state index in [2.05, 4.69) is 0 Å². The molecule has 0 bridgehead atoms. The van der Waals surface area contributed by atoms with E-state index in [0.29, 0.717) is 12.2 Å². The molecule has 0 saturated heterocycles. The second-order valence-corrected chi connectivity index (χ2v) is 4.28. The molecule has 0 aliphatic rings. The molecule has 0 aromatic heterocycles. The third kappa shape index (κ3) is 3.57. The number of thioether (sulfide) groups is 1. The zero-order chi connectivity index (χ0) is 11.3. The van der Waals surface area contributed by atoms with Crippen molar-refractivity contribution < 1.29 is 14.6 Å². The van der Waals surface area contributed by atoms with E-state index in [1.807, 2.05) is 19.1 Å². The van der Waals surface area contributed by atoms with Gasteiger partial charge >= 0.3 is 5.97 Å². The minimum atomic E-state index is -0.880. The third-order valence-corrected chi connectivity index (χ3v) is 2.93. The van der Waals surface area contributed by atoms with Gasteiger partial charge in [-0.3, -0.25) is 0 Å². The van der Waals surface area contributed by atoms with Crippen molar-refractivity contribution in [1.82, 2.24) is 0 Å². The van der Waals surface area contributed by atoms with Crippen LogP contribution in [0, 0.1) is 6.92 Å². The lowest BCUT2D eigenvalue weighted by Gasteiger charge is -2.06. The zero-order valence-corrected chi connectivity index (χ0v) is 9.63. The minimum Gasteiger partial charge on any atom is -0.478 e. The highest BCUT2D eigenvalue weighted by molar-refractivity contribution is 7.99. The van der Waals surface area contributed by atoms with Gasteiger partial charge in [0, 0.05) is 17.8 Å². The van der Waals surface area contributed by atoms with Crippen molar-refractivity contribution >= 4 is 17.7 Å². The second kappa shape index (κ2) is 5.78. The van der Waals surface area contributed by atoms with Crippen molar-refractivity contribution in [2.45, 2.75) is 11.8 Å². The molecule has 0 radical (unpaired) electrons. The van der Waals surface area contributed by atoms with Crippen LogP contribution in [0.4, 0.5) is 0 Å². The monoisotopic (exact) mass is 226 g/mol. The van der Waals surface area contributed by atoms with Crippen LogP contribution in [0.1, 0.15) is 15.9 Å². The van der Waals surface area contributed by atoms with Crippen molar-refractivity contribution in [3.05, 3.63) is 29.3 Å². The molecule has 1 rings (SSSR count). The molecule has 0 heterocycles. The predicted molar refractivity (Wildman–Crippen MR) is 60.7 cm³/mol. The molecule has 0 saturated carbocycles. The number of methoxy groups -OCH3 is 1. The number of carboxylic acids is 1. The lowest BCUT2D eigenvalue weighted by molar-refractivity contribution is 0.0693. The molecule has 4 heteroatoms. The summed E-state index contributed by atoms with van der Waals surface area (Å²) in [6, 6.07) is 5.35. The molecule has 0 spiro atoms. The fraction of sp³-hybridized carbons (Fsp3) is 0.364. The quantitative estimate of drug-likeness (QED) is 0.618. The Morgan fingerprint density at radius 3 is 2.87 bits per heavy atom. The van der Waals surface area contributed by atoms with Crippen LogP contribution in [0.25, 0.3) is 0 Å². The summed E-state index contributed by atoms with van der Waals surface area (Å²) in [7, 11) is 1.63. The van der Waals surface area contributed by atoms with Gasteiger partial charge < -0.3 is 9.84 Å². The van der Waals surface area contributed by atoms with Gasteiger partial charge in [0.15, 0.2) is 0 Å². The molecule has 0 fully saturated rings. The number of aromatic carboxylic acids is 1. The van der Waals surface area contributed by atoms with Crippen molar-refractivity contribution in [2.24, 2.45) is 0 Å². The molecule has 0 aliphatic heterocycles. The van der Waals surface area contributed by atoms with Crippen molar-refractivity contribution in [3.63, 3.8) is 0 Å². The van der Waals surface area contributed by atoms with Crippen LogP contribution in [0.15, 0.2) is 23.1 Å². The fourth-order valence-electron chi connectivity index (χ4n) is 1.16. The first-order chi connectivity index (χ1) is 7.15. The normalized spacial score (nSPS) is 10.3. The Hall–Kier alpha value is -1.00. The van der Waals surface area contributed by atoms with E-state index in [-0.39, 0.29) is 0 Å². The van der Waals surface area contributed by atoms with E-state index < -0.39 is 5.97 Å². The highest BCUT2D eigenvalue weighted by atomic mass is 32.2. The number of rotatable bonds is 5. The van der Waals surface area contributed by atoms with Crippen LogP contribution in [-0.2, 0) is 4.74 Å². The summed E-state index contributed by atoms with van der Waals surface area (Å²) in [5, 5.41) is 8.97. The van der Waals surface area contributed by atoms with Gasteiger partial charge in [0.25, 0.3) is 0 Å². The van der Waals surface area contributed by atoms with E-state index in [1.54, 1.807) is 13.2 Å². The number of carbonyl (C=O) groups is 1. The van der Waals surface area contributed by atoms with Gasteiger partial charge in [-0.25, -0.2) is 4.79 Å². The Balaban J connectivity index is 2.82. The molecule has 0 aliphatic carbocycles. The van der Waals surface area contributed by atoms with Gasteiger partial charge in [0.05, 0.1) is 12.2 Å². The SMILES string of the molecule is COCCSc1cc(C)ccc1C(=O)O. The Bertz CT molecular complexity index is 350. The standard InChI is InChI=1S/C11H14O3S/c1-8-3-4-9(11(12)13)10(7-8)15-6-5-14-2/h3-4,7H,5-6H2,1-2H3,(H,12,13). The highest BCUT2D eigenvalue weighted by Crippen LogP contribution is 2.24. The highest BCUT2D eigenvalue weighted by Gasteiger charge is 2.09. The Kier molecular flexibility index (Phi) is 4.65. The molecule has 1 N–H and O–H groups in total. The summed E-state index contributed by atoms with van der Waals surface area (Å²) >= 11 is 1.51. The van der Waals surface area contributed by atoms with Gasteiger partial charge in [-0.05, 0) is 24.6 Å². The Morgan fingerprint density at radius 1 is 1.53 bits per heavy atom. The lowest BCUT2D eigenvalue weighted by Crippen LogP contribution is -2.00. The largest absolute Gasteiger partial charge is 0.478 e. The summed E-state index contributed by atoms with van der Waals surface area (Å²) in [6.45, 7) is 2.57. The van der Waals surface area contributed by atoms with Crippen LogP contribution in [-0.4, -0.2) is 30.5 Å². The number of aryl methyl sites for hydroxylation is 1. The second-order valence-electron chi connectivity index (χ2n) is 3.15. The molecular formula is C11H14O3S. The Labute approximate surface area is 93.4 Å². The predicted octanol–water partition coefficient (Wildman–Crippen LogP) is 2.43. The minimum absolute atomic E-state index is 0.363. The number of carboxylic acid groups (broad SMARTS) is 1. The van der Waals surface area contributed by atoms with Crippen molar-refractivity contribution in [1.29, 1.82) is 0 Å². The Morgan fingerprint density at radius 2 is 2.27 bits per heavy atom. The molecule has 1 aromatic rings. The maximum atomic E-state index is 10.9. The van der Waals surface area contributed by atoms with Gasteiger partial charge in [0.1, 0.15) is 0 Å². The smallest absolute Gasteiger partial charge is 0.336 e. The van der Waals surface area contributed by atoms with Crippen LogP contribution >= 0.6 is 11.8 Å². The van der Waals surface area contributed by atoms with Crippen LogP contribution in [0.2, 0.25) is 0 Å². The molecule has 3 nitrogen and oxygen atoms in total. The molecule has 15 heavy (non-hydrogen) atoms. The summed E-state index contributed by atoms with van der Waals surface area (Å²) in [4.78, 5) is 11.7. The first-order valence-electron chi connectivity index (χ1n) is 4.61. The molecule has 0 amide bonds. The van der Waals surface area contributed by atoms with Crippen molar-refractivity contribution in [3.8, 4) is 0 Å². The van der Waals surface area contributed by atoms with Crippen LogP contribution < -0.4 is 0 Å². The van der Waals surface area contributed by atoms with Crippen LogP contribution in [0.5, 0.6) is 0 Å². The van der Waals surface area contributed by atoms with E-state index >= 15 is 0 Å². The lowest BCUT2D eigenvalue weighted by atomic mass is 10.1. The molecule has 0 atom stereocenters. The van der Waals surface area contributed by atoms with Gasteiger partial charge in [0.2, 0.25) is 0 Å². The van der Waals surface area contributed by atoms with E-state index in [4.69, 9.17) is 9.84 Å². The maximum absolute atomic E-state index is 10.9. The van der Waals surface area contributed by atoms with Crippen molar-refractivity contribution in [2.75, 3.05) is 19.5 Å². The van der Waals surface area contributed by atoms with E-state index in [1.165, 1.54) is 11.8 Å². The average molecular weight is 226 g/mol. The van der Waals surface area contributed by atoms with Gasteiger partial charge in [-0.1, -0.05) is 6.07 Å². The maximum Gasteiger partial charge on any atom is 0.336 e. The number of hydrogen-bond donors (Lipinski definition) is 1. The number of ether oxygens (including phenoxy) is 1. The fourth-order valence-corrected chi connectivity index (χ4v) is 2.21. The molecule has 1 aromatic carbocycles. The van der Waals surface area contributed by atoms with Gasteiger partial charge in [-0.2, -0.15) is 0 Å². The first-order valence-corrected chi connectivity index (χ1v) is 5.59. The molecule has 82 valence electrons. The van der Waals surface area contributed by atoms with Gasteiger partial charge in [-0.15, -0.1) is 11.8 Å². The third-order valence-electron chi connectivity index (χ3n) is 1.91. The summed E-state index contributed by atoms with van der Waals surface area (Å²) in [5.74, 6) is -0.116. The summed E-state index contributed by atoms with van der Waals surface area (Å²) in [5.41, 5.74) is 1.43. The zero-order valence-electron chi connectivity index (χ0n) is 8.82. The summed E-state index contributed by atoms with van der Waals surface area (Å²) < 4.78 is 4.93. The number of hydrogen-bond acceptors (Lipinski definition) is 3.